The minimum Gasteiger partial charge on any atom is -0.303 e. The molecule has 0 unspecified atom stereocenters. The highest BCUT2D eigenvalue weighted by molar-refractivity contribution is 8.15. The lowest BCUT2D eigenvalue weighted by Crippen LogP contribution is -2.30. The monoisotopic (exact) mass is 360 g/mol. The van der Waals surface area contributed by atoms with Crippen molar-refractivity contribution in [2.45, 2.75) is 34.2 Å². The largest absolute Gasteiger partial charge is 0.303 e. The van der Waals surface area contributed by atoms with Crippen LogP contribution in [0.4, 0.5) is 0 Å². The molecule has 0 saturated carbocycles. The van der Waals surface area contributed by atoms with Gasteiger partial charge in [-0.25, -0.2) is 0 Å². The molecule has 5 nitrogen and oxygen atoms in total. The van der Waals surface area contributed by atoms with Crippen LogP contribution in [-0.2, 0) is 11.3 Å². The highest BCUT2D eigenvalue weighted by atomic mass is 32.2. The van der Waals surface area contributed by atoms with Gasteiger partial charge in [0.2, 0.25) is 5.91 Å². The number of carbonyl (C=O) groups excluding carboxylic acids is 1. The van der Waals surface area contributed by atoms with Gasteiger partial charge in [0.05, 0.1) is 12.0 Å². The molecule has 1 aromatic carbocycles. The fourth-order valence-corrected chi connectivity index (χ4v) is 3.42. The molecule has 1 N–H and O–H groups in total. The standard InChI is InChI=1S/C19H28N4OS/c1-14(2)10-23(11-15(3)4)12-17-7-5-6-16(8-17)9-20-22-19-21-18(24)13-25-19/h5-9,14-15H,10-13H2,1-4H3,(H,21,22,24). The zero-order valence-corrected chi connectivity index (χ0v) is 16.3. The normalized spacial score (nSPS) is 16.8. The van der Waals surface area contributed by atoms with Crippen molar-refractivity contribution >= 4 is 29.1 Å². The number of rotatable bonds is 8. The minimum atomic E-state index is -0.0173. The van der Waals surface area contributed by atoms with Gasteiger partial charge in [-0.05, 0) is 29.0 Å². The van der Waals surface area contributed by atoms with E-state index in [1.807, 2.05) is 6.07 Å². The zero-order valence-electron chi connectivity index (χ0n) is 15.5. The van der Waals surface area contributed by atoms with Gasteiger partial charge in [0.25, 0.3) is 0 Å². The number of amides is 1. The Hall–Kier alpha value is -1.66. The Morgan fingerprint density at radius 2 is 1.96 bits per heavy atom. The number of nitrogens with zero attached hydrogens (tertiary/aromatic N) is 3. The summed E-state index contributed by atoms with van der Waals surface area (Å²) in [5, 5.41) is 11.4. The molecule has 2 rings (SSSR count). The summed E-state index contributed by atoms with van der Waals surface area (Å²) in [5.74, 6) is 1.71. The lowest BCUT2D eigenvalue weighted by molar-refractivity contribution is -0.116. The van der Waals surface area contributed by atoms with Gasteiger partial charge in [-0.2, -0.15) is 5.10 Å². The van der Waals surface area contributed by atoms with Crippen LogP contribution in [0.2, 0.25) is 0 Å². The first kappa shape index (κ1) is 19.7. The predicted molar refractivity (Wildman–Crippen MR) is 107 cm³/mol. The van der Waals surface area contributed by atoms with Crippen LogP contribution >= 0.6 is 11.8 Å². The van der Waals surface area contributed by atoms with E-state index in [9.17, 15) is 4.79 Å². The third-order valence-corrected chi connectivity index (χ3v) is 4.41. The summed E-state index contributed by atoms with van der Waals surface area (Å²) in [6.07, 6.45) is 1.73. The highest BCUT2D eigenvalue weighted by Gasteiger charge is 2.16. The summed E-state index contributed by atoms with van der Waals surface area (Å²) >= 11 is 1.38. The Balaban J connectivity index is 2.00. The lowest BCUT2D eigenvalue weighted by Gasteiger charge is -2.26. The second-order valence-corrected chi connectivity index (χ2v) is 8.18. The Kier molecular flexibility index (Phi) is 7.65. The molecule has 1 fully saturated rings. The van der Waals surface area contributed by atoms with E-state index in [-0.39, 0.29) is 5.91 Å². The van der Waals surface area contributed by atoms with Gasteiger partial charge in [-0.3, -0.25) is 9.69 Å². The third kappa shape index (κ3) is 7.40. The van der Waals surface area contributed by atoms with Crippen molar-refractivity contribution < 1.29 is 4.79 Å². The Morgan fingerprint density at radius 3 is 2.56 bits per heavy atom. The summed E-state index contributed by atoms with van der Waals surface area (Å²) in [6.45, 7) is 12.2. The van der Waals surface area contributed by atoms with Crippen molar-refractivity contribution in [1.82, 2.24) is 10.2 Å². The van der Waals surface area contributed by atoms with Crippen molar-refractivity contribution in [1.29, 1.82) is 0 Å². The first-order valence-electron chi connectivity index (χ1n) is 8.77. The maximum atomic E-state index is 11.1. The number of carbonyl (C=O) groups is 1. The molecule has 25 heavy (non-hydrogen) atoms. The molecule has 0 spiro atoms. The average Bonchev–Trinajstić information content (AvgIpc) is 2.92. The van der Waals surface area contributed by atoms with E-state index in [1.165, 1.54) is 17.3 Å². The van der Waals surface area contributed by atoms with Crippen LogP contribution in [0.25, 0.3) is 0 Å². The molecule has 1 heterocycles. The molecule has 0 aromatic heterocycles. The van der Waals surface area contributed by atoms with Crippen molar-refractivity contribution in [3.63, 3.8) is 0 Å². The molecule has 1 aromatic rings. The van der Waals surface area contributed by atoms with E-state index in [2.05, 4.69) is 66.3 Å². The number of nitrogens with one attached hydrogen (secondary N) is 1. The van der Waals surface area contributed by atoms with Gasteiger partial charge < -0.3 is 5.32 Å². The molecule has 1 amide bonds. The smallest absolute Gasteiger partial charge is 0.236 e. The topological polar surface area (TPSA) is 57.1 Å². The summed E-state index contributed by atoms with van der Waals surface area (Å²) in [5.41, 5.74) is 2.30. The molecular weight excluding hydrogens is 332 g/mol. The van der Waals surface area contributed by atoms with Gasteiger partial charge in [-0.15, -0.1) is 5.10 Å². The van der Waals surface area contributed by atoms with E-state index in [4.69, 9.17) is 0 Å². The minimum absolute atomic E-state index is 0.0173. The van der Waals surface area contributed by atoms with E-state index in [1.54, 1.807) is 6.21 Å². The third-order valence-electron chi connectivity index (χ3n) is 3.55. The van der Waals surface area contributed by atoms with Crippen LogP contribution in [0.15, 0.2) is 34.5 Å². The molecule has 1 saturated heterocycles. The van der Waals surface area contributed by atoms with Gasteiger partial charge in [0.15, 0.2) is 5.17 Å². The summed E-state index contributed by atoms with van der Waals surface area (Å²) in [4.78, 5) is 13.6. The maximum Gasteiger partial charge on any atom is 0.236 e. The van der Waals surface area contributed by atoms with Crippen LogP contribution in [-0.4, -0.2) is 41.0 Å². The van der Waals surface area contributed by atoms with Gasteiger partial charge in [0.1, 0.15) is 0 Å². The van der Waals surface area contributed by atoms with Crippen molar-refractivity contribution in [3.05, 3.63) is 35.4 Å². The SMILES string of the molecule is CC(C)CN(Cc1cccc(C=NN=C2NC(=O)CS2)c1)CC(C)C. The molecule has 0 bridgehead atoms. The summed E-state index contributed by atoms with van der Waals surface area (Å²) in [7, 11) is 0. The van der Waals surface area contributed by atoms with Crippen molar-refractivity contribution in [3.8, 4) is 0 Å². The Bertz CT molecular complexity index is 630. The van der Waals surface area contributed by atoms with Gasteiger partial charge in [-0.1, -0.05) is 57.7 Å². The van der Waals surface area contributed by atoms with Crippen LogP contribution in [0, 0.1) is 11.8 Å². The summed E-state index contributed by atoms with van der Waals surface area (Å²) in [6, 6.07) is 8.38. The zero-order chi connectivity index (χ0) is 18.2. The quantitative estimate of drug-likeness (QED) is 0.571. The average molecular weight is 361 g/mol. The lowest BCUT2D eigenvalue weighted by atomic mass is 10.1. The second kappa shape index (κ2) is 9.73. The van der Waals surface area contributed by atoms with Crippen LogP contribution < -0.4 is 5.32 Å². The number of hydrogen-bond donors (Lipinski definition) is 1. The second-order valence-electron chi connectivity index (χ2n) is 7.21. The number of hydrogen-bond acceptors (Lipinski definition) is 5. The van der Waals surface area contributed by atoms with E-state index in [0.29, 0.717) is 22.8 Å². The fraction of sp³-hybridized carbons (Fsp3) is 0.526. The van der Waals surface area contributed by atoms with Crippen molar-refractivity contribution in [2.24, 2.45) is 22.0 Å². The molecule has 1 aliphatic rings. The van der Waals surface area contributed by atoms with E-state index < -0.39 is 0 Å². The van der Waals surface area contributed by atoms with Crippen molar-refractivity contribution in [2.75, 3.05) is 18.8 Å². The van der Waals surface area contributed by atoms with Crippen LogP contribution in [0.1, 0.15) is 38.8 Å². The van der Waals surface area contributed by atoms with Crippen LogP contribution in [0.3, 0.4) is 0 Å². The molecule has 1 aliphatic heterocycles. The number of thioether (sulfide) groups is 1. The maximum absolute atomic E-state index is 11.1. The van der Waals surface area contributed by atoms with Crippen LogP contribution in [0.5, 0.6) is 0 Å². The van der Waals surface area contributed by atoms with E-state index in [0.717, 1.165) is 25.2 Å². The molecule has 0 radical (unpaired) electrons. The van der Waals surface area contributed by atoms with E-state index >= 15 is 0 Å². The predicted octanol–water partition coefficient (Wildman–Crippen LogP) is 3.35. The van der Waals surface area contributed by atoms with Gasteiger partial charge >= 0.3 is 0 Å². The summed E-state index contributed by atoms with van der Waals surface area (Å²) < 4.78 is 0. The number of amidine groups is 1. The first-order valence-corrected chi connectivity index (χ1v) is 9.76. The molecule has 6 heteroatoms. The molecule has 0 atom stereocenters. The Labute approximate surface area is 155 Å². The molecular formula is C19H28N4OS. The van der Waals surface area contributed by atoms with Gasteiger partial charge in [0, 0.05) is 19.6 Å². The first-order chi connectivity index (χ1) is 11.9. The molecule has 136 valence electrons. The highest BCUT2D eigenvalue weighted by Crippen LogP contribution is 2.12. The number of benzene rings is 1. The molecule has 0 aliphatic carbocycles. The fourth-order valence-electron chi connectivity index (χ4n) is 2.79. The Morgan fingerprint density at radius 1 is 1.24 bits per heavy atom.